The Morgan fingerprint density at radius 3 is 2.57 bits per heavy atom. The van der Waals surface area contributed by atoms with E-state index in [1.807, 2.05) is 41.3 Å². The van der Waals surface area contributed by atoms with Gasteiger partial charge in [-0.05, 0) is 30.3 Å². The Labute approximate surface area is 167 Å². The van der Waals surface area contributed by atoms with Crippen molar-refractivity contribution in [3.05, 3.63) is 48.0 Å². The highest BCUT2D eigenvalue weighted by molar-refractivity contribution is 7.20. The number of aromatic nitrogens is 1. The lowest BCUT2D eigenvalue weighted by molar-refractivity contribution is 0.0595. The van der Waals surface area contributed by atoms with Gasteiger partial charge in [0.05, 0.1) is 24.4 Å². The molecule has 0 spiro atoms. The van der Waals surface area contributed by atoms with Gasteiger partial charge in [0.25, 0.3) is 11.1 Å². The van der Waals surface area contributed by atoms with Gasteiger partial charge in [0.15, 0.2) is 0 Å². The standard InChI is InChI=1S/C21H22N2O4S/c1-25-16-5-3-4-14(12-16)20(24)23-10-8-15(9-11-23)27-21-22-18-13-17(26-2)6-7-19(18)28-21/h3-7,12-13,15H,8-11H2,1-2H3. The molecule has 1 saturated heterocycles. The molecule has 1 amide bonds. The van der Waals surface area contributed by atoms with E-state index >= 15 is 0 Å². The van der Waals surface area contributed by atoms with Gasteiger partial charge in [-0.25, -0.2) is 4.98 Å². The van der Waals surface area contributed by atoms with Crippen molar-refractivity contribution in [3.63, 3.8) is 0 Å². The van der Waals surface area contributed by atoms with Gasteiger partial charge in [-0.15, -0.1) is 0 Å². The zero-order chi connectivity index (χ0) is 19.5. The zero-order valence-corrected chi connectivity index (χ0v) is 16.7. The molecule has 0 unspecified atom stereocenters. The summed E-state index contributed by atoms with van der Waals surface area (Å²) in [5.41, 5.74) is 1.53. The number of likely N-dealkylation sites (tertiary alicyclic amines) is 1. The van der Waals surface area contributed by atoms with Crippen LogP contribution in [-0.4, -0.2) is 49.2 Å². The first-order valence-electron chi connectivity index (χ1n) is 9.21. The molecule has 146 valence electrons. The number of carbonyl (C=O) groups excluding carboxylic acids is 1. The number of hydrogen-bond acceptors (Lipinski definition) is 6. The van der Waals surface area contributed by atoms with Crippen LogP contribution in [0.2, 0.25) is 0 Å². The Bertz CT molecular complexity index is 979. The summed E-state index contributed by atoms with van der Waals surface area (Å²) in [5.74, 6) is 1.51. The molecule has 6 nitrogen and oxygen atoms in total. The smallest absolute Gasteiger partial charge is 0.274 e. The van der Waals surface area contributed by atoms with E-state index in [-0.39, 0.29) is 12.0 Å². The molecule has 0 saturated carbocycles. The third-order valence-electron chi connectivity index (χ3n) is 4.89. The molecule has 1 aliphatic rings. The SMILES string of the molecule is COc1cccc(C(=O)N2CCC(Oc3nc4cc(OC)ccc4s3)CC2)c1. The van der Waals surface area contributed by atoms with Crippen LogP contribution in [0, 0.1) is 0 Å². The number of carbonyl (C=O) groups is 1. The van der Waals surface area contributed by atoms with E-state index in [9.17, 15) is 4.79 Å². The number of nitrogens with zero attached hydrogens (tertiary/aromatic N) is 2. The van der Waals surface area contributed by atoms with Crippen LogP contribution in [0.15, 0.2) is 42.5 Å². The maximum Gasteiger partial charge on any atom is 0.274 e. The van der Waals surface area contributed by atoms with Crippen LogP contribution in [0.4, 0.5) is 0 Å². The van der Waals surface area contributed by atoms with Gasteiger partial charge in [0.1, 0.15) is 17.6 Å². The number of methoxy groups -OCH3 is 2. The second-order valence-corrected chi connectivity index (χ2v) is 7.65. The molecular formula is C21H22N2O4S. The van der Waals surface area contributed by atoms with Crippen molar-refractivity contribution in [2.24, 2.45) is 0 Å². The number of hydrogen-bond donors (Lipinski definition) is 0. The van der Waals surface area contributed by atoms with E-state index in [0.29, 0.717) is 29.6 Å². The van der Waals surface area contributed by atoms with Crippen LogP contribution in [0.25, 0.3) is 10.2 Å². The van der Waals surface area contributed by atoms with Gasteiger partial charge in [-0.3, -0.25) is 4.79 Å². The molecule has 1 fully saturated rings. The van der Waals surface area contributed by atoms with Crippen molar-refractivity contribution in [1.82, 2.24) is 9.88 Å². The zero-order valence-electron chi connectivity index (χ0n) is 15.9. The molecule has 0 N–H and O–H groups in total. The number of fused-ring (bicyclic) bond motifs is 1. The molecule has 2 heterocycles. The van der Waals surface area contributed by atoms with Crippen molar-refractivity contribution < 1.29 is 19.0 Å². The van der Waals surface area contributed by atoms with Crippen LogP contribution in [-0.2, 0) is 0 Å². The van der Waals surface area contributed by atoms with Gasteiger partial charge in [0.2, 0.25) is 0 Å². The highest BCUT2D eigenvalue weighted by Crippen LogP contribution is 2.32. The summed E-state index contributed by atoms with van der Waals surface area (Å²) in [5, 5.41) is 0.667. The largest absolute Gasteiger partial charge is 0.497 e. The summed E-state index contributed by atoms with van der Waals surface area (Å²) in [6, 6.07) is 13.1. The minimum Gasteiger partial charge on any atom is -0.497 e. The van der Waals surface area contributed by atoms with E-state index in [1.165, 1.54) is 11.3 Å². The van der Waals surface area contributed by atoms with Crippen LogP contribution in [0.1, 0.15) is 23.2 Å². The first-order valence-corrected chi connectivity index (χ1v) is 10.0. The number of rotatable bonds is 5. The molecule has 0 aliphatic carbocycles. The molecule has 0 bridgehead atoms. The van der Waals surface area contributed by atoms with Crippen molar-refractivity contribution in [3.8, 4) is 16.7 Å². The second kappa shape index (κ2) is 8.06. The number of ether oxygens (including phenoxy) is 3. The molecule has 2 aromatic carbocycles. The molecular weight excluding hydrogens is 376 g/mol. The fraction of sp³-hybridized carbons (Fsp3) is 0.333. The van der Waals surface area contributed by atoms with Crippen molar-refractivity contribution in [2.75, 3.05) is 27.3 Å². The Morgan fingerprint density at radius 1 is 1.07 bits per heavy atom. The number of thiazole rings is 1. The van der Waals surface area contributed by atoms with Crippen molar-refractivity contribution >= 4 is 27.5 Å². The number of benzene rings is 2. The predicted octanol–water partition coefficient (Wildman–Crippen LogP) is 4.00. The Morgan fingerprint density at radius 2 is 1.82 bits per heavy atom. The Balaban J connectivity index is 1.37. The summed E-state index contributed by atoms with van der Waals surface area (Å²) in [6.07, 6.45) is 1.64. The van der Waals surface area contributed by atoms with Crippen LogP contribution in [0.5, 0.6) is 16.7 Å². The van der Waals surface area contributed by atoms with E-state index in [4.69, 9.17) is 14.2 Å². The topological polar surface area (TPSA) is 60.9 Å². The average molecular weight is 398 g/mol. The third kappa shape index (κ3) is 3.89. The molecule has 1 aromatic heterocycles. The van der Waals surface area contributed by atoms with Crippen LogP contribution < -0.4 is 14.2 Å². The van der Waals surface area contributed by atoms with Crippen LogP contribution in [0.3, 0.4) is 0 Å². The molecule has 28 heavy (non-hydrogen) atoms. The fourth-order valence-corrected chi connectivity index (χ4v) is 4.18. The lowest BCUT2D eigenvalue weighted by atomic mass is 10.1. The lowest BCUT2D eigenvalue weighted by Gasteiger charge is -2.31. The normalized spacial score (nSPS) is 14.9. The second-order valence-electron chi connectivity index (χ2n) is 6.65. The van der Waals surface area contributed by atoms with Gasteiger partial charge < -0.3 is 19.1 Å². The van der Waals surface area contributed by atoms with E-state index in [1.54, 1.807) is 20.3 Å². The summed E-state index contributed by atoms with van der Waals surface area (Å²) >= 11 is 1.53. The Hall–Kier alpha value is -2.80. The van der Waals surface area contributed by atoms with Gasteiger partial charge in [-0.1, -0.05) is 17.4 Å². The molecule has 0 atom stereocenters. The van der Waals surface area contributed by atoms with E-state index in [0.717, 1.165) is 28.8 Å². The molecule has 1 aliphatic heterocycles. The molecule has 3 aromatic rings. The lowest BCUT2D eigenvalue weighted by Crippen LogP contribution is -2.41. The Kier molecular flexibility index (Phi) is 5.34. The van der Waals surface area contributed by atoms with Gasteiger partial charge in [0, 0.05) is 37.6 Å². The fourth-order valence-electron chi connectivity index (χ4n) is 3.32. The maximum absolute atomic E-state index is 12.7. The highest BCUT2D eigenvalue weighted by Gasteiger charge is 2.25. The molecule has 7 heteroatoms. The molecule has 4 rings (SSSR count). The third-order valence-corrected chi connectivity index (χ3v) is 5.82. The summed E-state index contributed by atoms with van der Waals surface area (Å²) in [7, 11) is 3.25. The maximum atomic E-state index is 12.7. The average Bonchev–Trinajstić information content (AvgIpc) is 3.15. The summed E-state index contributed by atoms with van der Waals surface area (Å²) in [4.78, 5) is 19.1. The monoisotopic (exact) mass is 398 g/mol. The van der Waals surface area contributed by atoms with Crippen molar-refractivity contribution in [2.45, 2.75) is 18.9 Å². The van der Waals surface area contributed by atoms with Crippen LogP contribution >= 0.6 is 11.3 Å². The van der Waals surface area contributed by atoms with Crippen molar-refractivity contribution in [1.29, 1.82) is 0 Å². The van der Waals surface area contributed by atoms with Gasteiger partial charge in [-0.2, -0.15) is 0 Å². The quantitative estimate of drug-likeness (QED) is 0.650. The van der Waals surface area contributed by atoms with E-state index in [2.05, 4.69) is 4.98 Å². The summed E-state index contributed by atoms with van der Waals surface area (Å²) < 4.78 is 17.6. The number of piperidine rings is 1. The molecule has 0 radical (unpaired) electrons. The first kappa shape index (κ1) is 18.6. The highest BCUT2D eigenvalue weighted by atomic mass is 32.1. The minimum atomic E-state index is 0.0319. The number of amides is 1. The van der Waals surface area contributed by atoms with E-state index < -0.39 is 0 Å². The predicted molar refractivity (Wildman–Crippen MR) is 109 cm³/mol. The minimum absolute atomic E-state index is 0.0319. The first-order chi connectivity index (χ1) is 13.7. The summed E-state index contributed by atoms with van der Waals surface area (Å²) in [6.45, 7) is 1.33. The van der Waals surface area contributed by atoms with Gasteiger partial charge >= 0.3 is 0 Å².